The minimum absolute atomic E-state index is 0.143. The van der Waals surface area contributed by atoms with Crippen molar-refractivity contribution in [2.24, 2.45) is 0 Å². The summed E-state index contributed by atoms with van der Waals surface area (Å²) in [6.45, 7) is 4.59. The van der Waals surface area contributed by atoms with Crippen molar-refractivity contribution in [2.45, 2.75) is 26.7 Å². The van der Waals surface area contributed by atoms with Crippen molar-refractivity contribution < 1.29 is 18.8 Å². The van der Waals surface area contributed by atoms with Crippen LogP contribution >= 0.6 is 0 Å². The van der Waals surface area contributed by atoms with Gasteiger partial charge in [-0.3, -0.25) is 14.9 Å². The number of nitro benzene ring substituents is 1. The molecule has 6 heteroatoms. The van der Waals surface area contributed by atoms with Crippen molar-refractivity contribution >= 4 is 11.7 Å². The highest BCUT2D eigenvalue weighted by molar-refractivity contribution is 5.78. The lowest BCUT2D eigenvalue weighted by Gasteiger charge is -2.15. The monoisotopic (exact) mass is 255 g/mol. The zero-order valence-electron chi connectivity index (χ0n) is 10.6. The molecule has 1 unspecified atom stereocenters. The average molecular weight is 255 g/mol. The Morgan fingerprint density at radius 2 is 2.00 bits per heavy atom. The van der Waals surface area contributed by atoms with E-state index in [0.29, 0.717) is 11.1 Å². The number of nitrogens with zero attached hydrogens (tertiary/aromatic N) is 1. The van der Waals surface area contributed by atoms with Gasteiger partial charge in [0.25, 0.3) is 5.69 Å². The maximum Gasteiger partial charge on any atom is 0.312 e. The van der Waals surface area contributed by atoms with Crippen molar-refractivity contribution in [2.75, 3.05) is 7.11 Å². The van der Waals surface area contributed by atoms with Gasteiger partial charge >= 0.3 is 5.97 Å². The van der Waals surface area contributed by atoms with Crippen LogP contribution in [0.25, 0.3) is 0 Å². The van der Waals surface area contributed by atoms with E-state index in [-0.39, 0.29) is 11.3 Å². The number of carbonyl (C=O) groups is 1. The zero-order valence-corrected chi connectivity index (χ0v) is 10.6. The van der Waals surface area contributed by atoms with Crippen molar-refractivity contribution in [3.63, 3.8) is 0 Å². The maximum absolute atomic E-state index is 13.9. The van der Waals surface area contributed by atoms with Crippen LogP contribution in [0.15, 0.2) is 6.07 Å². The summed E-state index contributed by atoms with van der Waals surface area (Å²) >= 11 is 0. The molecule has 0 bridgehead atoms. The normalized spacial score (nSPS) is 12.1. The van der Waals surface area contributed by atoms with Gasteiger partial charge in [-0.05, 0) is 26.3 Å². The van der Waals surface area contributed by atoms with Crippen molar-refractivity contribution in [1.29, 1.82) is 0 Å². The fraction of sp³-hybridized carbons (Fsp3) is 0.417. The van der Waals surface area contributed by atoms with Crippen LogP contribution in [0.5, 0.6) is 0 Å². The first-order valence-corrected chi connectivity index (χ1v) is 5.33. The highest BCUT2D eigenvalue weighted by Gasteiger charge is 2.26. The number of halogens is 1. The van der Waals surface area contributed by atoms with Crippen molar-refractivity contribution in [1.82, 2.24) is 0 Å². The Labute approximate surface area is 104 Å². The predicted molar refractivity (Wildman–Crippen MR) is 63.0 cm³/mol. The topological polar surface area (TPSA) is 69.4 Å². The van der Waals surface area contributed by atoms with Crippen LogP contribution < -0.4 is 0 Å². The van der Waals surface area contributed by atoms with Crippen molar-refractivity contribution in [3.8, 4) is 0 Å². The Morgan fingerprint density at radius 1 is 1.44 bits per heavy atom. The van der Waals surface area contributed by atoms with Crippen LogP contribution in [0.1, 0.15) is 29.5 Å². The van der Waals surface area contributed by atoms with Crippen LogP contribution in [0.2, 0.25) is 0 Å². The molecule has 98 valence electrons. The molecule has 0 saturated carbocycles. The third-order valence-electron chi connectivity index (χ3n) is 3.06. The lowest BCUT2D eigenvalue weighted by atomic mass is 9.92. The number of hydrogen-bond donors (Lipinski definition) is 0. The van der Waals surface area contributed by atoms with E-state index >= 15 is 0 Å². The number of ether oxygens (including phenoxy) is 1. The van der Waals surface area contributed by atoms with E-state index in [9.17, 15) is 19.3 Å². The second kappa shape index (κ2) is 5.12. The lowest BCUT2D eigenvalue weighted by Crippen LogP contribution is -2.15. The van der Waals surface area contributed by atoms with E-state index in [1.807, 2.05) is 0 Å². The molecule has 1 aromatic rings. The Bertz CT molecular complexity index is 513. The maximum atomic E-state index is 13.9. The number of rotatable bonds is 3. The number of esters is 1. The highest BCUT2D eigenvalue weighted by Crippen LogP contribution is 2.31. The fourth-order valence-electron chi connectivity index (χ4n) is 1.90. The molecule has 1 rings (SSSR count). The second-order valence-corrected chi connectivity index (χ2v) is 4.04. The fourth-order valence-corrected chi connectivity index (χ4v) is 1.90. The standard InChI is InChI=1S/C12H14FNO4/c1-6-7(2)11(8(3)12(15)18-4)9(13)5-10(6)14(16)17/h5,8H,1-4H3. The molecule has 0 N–H and O–H groups in total. The summed E-state index contributed by atoms with van der Waals surface area (Å²) in [5.41, 5.74) is 0.613. The van der Waals surface area contributed by atoms with Gasteiger partial charge in [-0.1, -0.05) is 0 Å². The van der Waals surface area contributed by atoms with Gasteiger partial charge in [0.05, 0.1) is 24.0 Å². The summed E-state index contributed by atoms with van der Waals surface area (Å²) in [5.74, 6) is -2.14. The smallest absolute Gasteiger partial charge is 0.312 e. The van der Waals surface area contributed by atoms with E-state index < -0.39 is 22.6 Å². The summed E-state index contributed by atoms with van der Waals surface area (Å²) in [7, 11) is 1.21. The molecule has 0 amide bonds. The molecule has 0 radical (unpaired) electrons. The van der Waals surface area contributed by atoms with Crippen molar-refractivity contribution in [3.05, 3.63) is 38.7 Å². The Kier molecular flexibility index (Phi) is 4.00. The molecule has 1 atom stereocenters. The van der Waals surface area contributed by atoms with Gasteiger partial charge in [-0.15, -0.1) is 0 Å². The van der Waals surface area contributed by atoms with Gasteiger partial charge in [0.15, 0.2) is 0 Å². The molecule has 1 aromatic carbocycles. The zero-order chi connectivity index (χ0) is 14.0. The first kappa shape index (κ1) is 14.1. The summed E-state index contributed by atoms with van der Waals surface area (Å²) < 4.78 is 18.4. The first-order chi connectivity index (χ1) is 8.31. The van der Waals surface area contributed by atoms with Gasteiger partial charge in [0, 0.05) is 11.1 Å². The largest absolute Gasteiger partial charge is 0.469 e. The Morgan fingerprint density at radius 3 is 2.44 bits per heavy atom. The highest BCUT2D eigenvalue weighted by atomic mass is 19.1. The molecule has 18 heavy (non-hydrogen) atoms. The number of carbonyl (C=O) groups excluding carboxylic acids is 1. The van der Waals surface area contributed by atoms with E-state index in [4.69, 9.17) is 0 Å². The second-order valence-electron chi connectivity index (χ2n) is 4.04. The molecule has 0 fully saturated rings. The molecule has 0 aliphatic heterocycles. The molecule has 5 nitrogen and oxygen atoms in total. The van der Waals surface area contributed by atoms with Crippen LogP contribution in [-0.2, 0) is 9.53 Å². The number of benzene rings is 1. The van der Waals surface area contributed by atoms with Crippen LogP contribution in [0.3, 0.4) is 0 Å². The minimum Gasteiger partial charge on any atom is -0.469 e. The lowest BCUT2D eigenvalue weighted by molar-refractivity contribution is -0.385. The quantitative estimate of drug-likeness (QED) is 0.473. The third-order valence-corrected chi connectivity index (χ3v) is 3.06. The average Bonchev–Trinajstić information content (AvgIpc) is 2.32. The van der Waals surface area contributed by atoms with Gasteiger partial charge < -0.3 is 4.74 Å². The first-order valence-electron chi connectivity index (χ1n) is 5.33. The molecule has 0 aromatic heterocycles. The summed E-state index contributed by atoms with van der Waals surface area (Å²) in [6.07, 6.45) is 0. The molecule has 0 aliphatic carbocycles. The van der Waals surface area contributed by atoms with Crippen LogP contribution in [0.4, 0.5) is 10.1 Å². The molecular weight excluding hydrogens is 241 g/mol. The van der Waals surface area contributed by atoms with Crippen LogP contribution in [0, 0.1) is 29.8 Å². The molecule has 0 heterocycles. The molecule has 0 spiro atoms. The van der Waals surface area contributed by atoms with Gasteiger partial charge in [-0.25, -0.2) is 4.39 Å². The minimum atomic E-state index is -0.797. The van der Waals surface area contributed by atoms with E-state index in [2.05, 4.69) is 4.74 Å². The summed E-state index contributed by atoms with van der Waals surface area (Å²) in [6, 6.07) is 0.844. The summed E-state index contributed by atoms with van der Waals surface area (Å²) in [4.78, 5) is 21.5. The molecule has 0 saturated heterocycles. The van der Waals surface area contributed by atoms with E-state index in [1.165, 1.54) is 21.0 Å². The third kappa shape index (κ3) is 2.32. The van der Waals surface area contributed by atoms with Gasteiger partial charge in [0.1, 0.15) is 5.82 Å². The predicted octanol–water partition coefficient (Wildman–Crippen LogP) is 2.63. The van der Waals surface area contributed by atoms with Gasteiger partial charge in [-0.2, -0.15) is 0 Å². The number of nitro groups is 1. The Balaban J connectivity index is 3.44. The van der Waals surface area contributed by atoms with Crippen LogP contribution in [-0.4, -0.2) is 18.0 Å². The molecule has 0 aliphatic rings. The van der Waals surface area contributed by atoms with E-state index in [1.54, 1.807) is 6.92 Å². The summed E-state index contributed by atoms with van der Waals surface area (Å²) in [5, 5.41) is 10.7. The number of methoxy groups -OCH3 is 1. The Hall–Kier alpha value is -1.98. The molecular formula is C12H14FNO4. The van der Waals surface area contributed by atoms with Gasteiger partial charge in [0.2, 0.25) is 0 Å². The van der Waals surface area contributed by atoms with E-state index in [0.717, 1.165) is 6.07 Å². The SMILES string of the molecule is COC(=O)C(C)c1c(F)cc([N+](=O)[O-])c(C)c1C. The number of hydrogen-bond acceptors (Lipinski definition) is 4.